The standard InChI is InChI=1S/C29H34N6O5/c1-5-39-24-15-21(9-10-23(24)40-16-25(36)34-11-13-38-14-12-34)27-26(20(4)32-29-30-17-31-35(27)29)28(37)33-22-8-6-7-18(2)19(22)3/h6-10,15,17,27H,5,11-14,16H2,1-4H3,(H,33,37)(H,30,31,32). The lowest BCUT2D eigenvalue weighted by Crippen LogP contribution is -2.43. The van der Waals surface area contributed by atoms with Crippen LogP contribution in [0.1, 0.15) is 36.6 Å². The van der Waals surface area contributed by atoms with Gasteiger partial charge in [0.05, 0.1) is 25.4 Å². The Morgan fingerprint density at radius 2 is 1.90 bits per heavy atom. The van der Waals surface area contributed by atoms with Gasteiger partial charge >= 0.3 is 0 Å². The van der Waals surface area contributed by atoms with Gasteiger partial charge < -0.3 is 29.7 Å². The van der Waals surface area contributed by atoms with Crippen molar-refractivity contribution in [3.63, 3.8) is 0 Å². The molecule has 3 heterocycles. The number of morpholine rings is 1. The molecule has 2 aromatic carbocycles. The van der Waals surface area contributed by atoms with E-state index in [9.17, 15) is 9.59 Å². The summed E-state index contributed by atoms with van der Waals surface area (Å²) in [4.78, 5) is 32.5. The lowest BCUT2D eigenvalue weighted by atomic mass is 9.94. The zero-order chi connectivity index (χ0) is 28.2. The van der Waals surface area contributed by atoms with Crippen LogP contribution in [0.5, 0.6) is 11.5 Å². The van der Waals surface area contributed by atoms with Crippen molar-refractivity contribution in [2.75, 3.05) is 50.2 Å². The maximum Gasteiger partial charge on any atom is 0.260 e. The molecule has 2 amide bonds. The number of fused-ring (bicyclic) bond motifs is 1. The number of carbonyl (C=O) groups excluding carboxylic acids is 2. The number of nitrogens with one attached hydrogen (secondary N) is 2. The van der Waals surface area contributed by atoms with E-state index in [1.807, 2.05) is 58.0 Å². The number of ether oxygens (including phenoxy) is 3. The van der Waals surface area contributed by atoms with Gasteiger partial charge in [-0.1, -0.05) is 18.2 Å². The van der Waals surface area contributed by atoms with Crippen molar-refractivity contribution in [1.29, 1.82) is 0 Å². The molecule has 11 heteroatoms. The maximum atomic E-state index is 13.8. The number of aromatic nitrogens is 3. The zero-order valence-electron chi connectivity index (χ0n) is 23.2. The molecule has 5 rings (SSSR count). The summed E-state index contributed by atoms with van der Waals surface area (Å²) in [5.41, 5.74) is 4.76. The Morgan fingerprint density at radius 1 is 1.10 bits per heavy atom. The first-order valence-corrected chi connectivity index (χ1v) is 13.4. The number of amides is 2. The third-order valence-electron chi connectivity index (χ3n) is 7.19. The van der Waals surface area contributed by atoms with E-state index in [1.54, 1.807) is 15.6 Å². The average Bonchev–Trinajstić information content (AvgIpc) is 3.42. The molecule has 210 valence electrons. The topological polar surface area (TPSA) is 120 Å². The molecule has 2 aliphatic rings. The van der Waals surface area contributed by atoms with Crippen LogP contribution in [0.4, 0.5) is 11.6 Å². The van der Waals surface area contributed by atoms with Crippen LogP contribution in [0.3, 0.4) is 0 Å². The number of aryl methyl sites for hydroxylation is 1. The molecule has 11 nitrogen and oxygen atoms in total. The largest absolute Gasteiger partial charge is 0.490 e. The van der Waals surface area contributed by atoms with E-state index in [0.29, 0.717) is 61.6 Å². The summed E-state index contributed by atoms with van der Waals surface area (Å²) in [6.45, 7) is 10.2. The van der Waals surface area contributed by atoms with Crippen LogP contribution in [-0.2, 0) is 14.3 Å². The molecule has 2 aliphatic heterocycles. The van der Waals surface area contributed by atoms with Gasteiger partial charge in [-0.3, -0.25) is 9.59 Å². The number of hydrogen-bond donors (Lipinski definition) is 2. The third kappa shape index (κ3) is 5.50. The molecule has 0 radical (unpaired) electrons. The van der Waals surface area contributed by atoms with Crippen molar-refractivity contribution < 1.29 is 23.8 Å². The highest BCUT2D eigenvalue weighted by Crippen LogP contribution is 2.39. The molecular formula is C29H34N6O5. The van der Waals surface area contributed by atoms with Crippen LogP contribution in [0.15, 0.2) is 54.0 Å². The van der Waals surface area contributed by atoms with E-state index >= 15 is 0 Å². The van der Waals surface area contributed by atoms with Crippen LogP contribution in [0.2, 0.25) is 0 Å². The van der Waals surface area contributed by atoms with E-state index in [2.05, 4.69) is 20.7 Å². The molecule has 1 aromatic heterocycles. The second kappa shape index (κ2) is 11.8. The fourth-order valence-electron chi connectivity index (χ4n) is 4.90. The van der Waals surface area contributed by atoms with Crippen molar-refractivity contribution in [3.8, 4) is 11.5 Å². The minimum absolute atomic E-state index is 0.107. The normalized spacial score (nSPS) is 16.7. The Kier molecular flexibility index (Phi) is 8.01. The van der Waals surface area contributed by atoms with Crippen LogP contribution < -0.4 is 20.1 Å². The smallest absolute Gasteiger partial charge is 0.260 e. The number of hydrogen-bond acceptors (Lipinski definition) is 8. The zero-order valence-corrected chi connectivity index (χ0v) is 23.2. The van der Waals surface area contributed by atoms with Gasteiger partial charge in [0.2, 0.25) is 5.95 Å². The van der Waals surface area contributed by atoms with Gasteiger partial charge in [-0.2, -0.15) is 10.1 Å². The minimum Gasteiger partial charge on any atom is -0.490 e. The Bertz CT molecular complexity index is 1440. The molecule has 0 bridgehead atoms. The number of benzene rings is 2. The van der Waals surface area contributed by atoms with Crippen LogP contribution >= 0.6 is 0 Å². The molecule has 0 saturated carbocycles. The summed E-state index contributed by atoms with van der Waals surface area (Å²) < 4.78 is 18.8. The van der Waals surface area contributed by atoms with Gasteiger partial charge in [0.15, 0.2) is 18.1 Å². The van der Waals surface area contributed by atoms with Gasteiger partial charge in [0.25, 0.3) is 11.8 Å². The lowest BCUT2D eigenvalue weighted by Gasteiger charge is -2.29. The monoisotopic (exact) mass is 546 g/mol. The number of rotatable bonds is 8. The van der Waals surface area contributed by atoms with Gasteiger partial charge in [-0.05, 0) is 62.6 Å². The second-order valence-electron chi connectivity index (χ2n) is 9.72. The molecule has 0 aliphatic carbocycles. The highest BCUT2D eigenvalue weighted by molar-refractivity contribution is 6.06. The Hall–Kier alpha value is -4.38. The molecule has 1 atom stereocenters. The van der Waals surface area contributed by atoms with Crippen molar-refractivity contribution in [1.82, 2.24) is 19.7 Å². The molecule has 3 aromatic rings. The summed E-state index contributed by atoms with van der Waals surface area (Å²) in [5, 5.41) is 10.7. The molecule has 1 saturated heterocycles. The first kappa shape index (κ1) is 27.2. The first-order valence-electron chi connectivity index (χ1n) is 13.4. The van der Waals surface area contributed by atoms with E-state index < -0.39 is 6.04 Å². The van der Waals surface area contributed by atoms with Crippen LogP contribution in [-0.4, -0.2) is 71.0 Å². The highest BCUT2D eigenvalue weighted by atomic mass is 16.5. The van der Waals surface area contributed by atoms with Crippen molar-refractivity contribution >= 4 is 23.5 Å². The number of allylic oxidation sites excluding steroid dienone is 1. The average molecular weight is 547 g/mol. The number of nitrogens with zero attached hydrogens (tertiary/aromatic N) is 4. The summed E-state index contributed by atoms with van der Waals surface area (Å²) in [7, 11) is 0. The highest BCUT2D eigenvalue weighted by Gasteiger charge is 2.34. The van der Waals surface area contributed by atoms with Crippen LogP contribution in [0, 0.1) is 13.8 Å². The first-order chi connectivity index (χ1) is 19.4. The van der Waals surface area contributed by atoms with Gasteiger partial charge in [0.1, 0.15) is 12.4 Å². The van der Waals surface area contributed by atoms with E-state index in [4.69, 9.17) is 14.2 Å². The maximum absolute atomic E-state index is 13.8. The molecular weight excluding hydrogens is 512 g/mol. The third-order valence-corrected chi connectivity index (χ3v) is 7.19. The van der Waals surface area contributed by atoms with E-state index in [-0.39, 0.29) is 18.4 Å². The number of anilines is 2. The predicted octanol–water partition coefficient (Wildman–Crippen LogP) is 3.46. The van der Waals surface area contributed by atoms with E-state index in [0.717, 1.165) is 22.4 Å². The van der Waals surface area contributed by atoms with Gasteiger partial charge in [0, 0.05) is 24.5 Å². The summed E-state index contributed by atoms with van der Waals surface area (Å²) in [6.07, 6.45) is 1.45. The Labute approximate surface area is 233 Å². The fraction of sp³-hybridized carbons (Fsp3) is 0.379. The fourth-order valence-corrected chi connectivity index (χ4v) is 4.90. The van der Waals surface area contributed by atoms with Crippen LogP contribution in [0.25, 0.3) is 0 Å². The Morgan fingerprint density at radius 3 is 2.67 bits per heavy atom. The molecule has 2 N–H and O–H groups in total. The predicted molar refractivity (Wildman–Crippen MR) is 150 cm³/mol. The van der Waals surface area contributed by atoms with Gasteiger partial charge in [-0.25, -0.2) is 4.68 Å². The lowest BCUT2D eigenvalue weighted by molar-refractivity contribution is -0.137. The SMILES string of the molecule is CCOc1cc(C2C(C(=O)Nc3cccc(C)c3C)=C(C)Nc3ncnn32)ccc1OCC(=O)N1CCOCC1. The van der Waals surface area contributed by atoms with Crippen molar-refractivity contribution in [2.45, 2.75) is 33.7 Å². The van der Waals surface area contributed by atoms with E-state index in [1.165, 1.54) is 6.33 Å². The second-order valence-corrected chi connectivity index (χ2v) is 9.72. The number of carbonyl (C=O) groups is 2. The molecule has 40 heavy (non-hydrogen) atoms. The van der Waals surface area contributed by atoms with Crippen molar-refractivity contribution in [3.05, 3.63) is 70.7 Å². The summed E-state index contributed by atoms with van der Waals surface area (Å²) >= 11 is 0. The Balaban J connectivity index is 1.45. The summed E-state index contributed by atoms with van der Waals surface area (Å²) in [5.74, 6) is 1.09. The summed E-state index contributed by atoms with van der Waals surface area (Å²) in [6, 6.07) is 10.7. The quantitative estimate of drug-likeness (QED) is 0.441. The minimum atomic E-state index is -0.577. The van der Waals surface area contributed by atoms with Crippen molar-refractivity contribution in [2.24, 2.45) is 0 Å². The molecule has 1 fully saturated rings. The molecule has 1 unspecified atom stereocenters. The molecule has 0 spiro atoms. The van der Waals surface area contributed by atoms with Gasteiger partial charge in [-0.15, -0.1) is 0 Å².